The van der Waals surface area contributed by atoms with E-state index in [4.69, 9.17) is 4.42 Å². The van der Waals surface area contributed by atoms with Gasteiger partial charge in [0.05, 0.1) is 33.1 Å². The lowest BCUT2D eigenvalue weighted by molar-refractivity contribution is 0.670. The summed E-state index contributed by atoms with van der Waals surface area (Å²) < 4.78 is 15.1. The van der Waals surface area contributed by atoms with Crippen LogP contribution in [0, 0.1) is 0 Å². The molecule has 356 valence electrons. The third kappa shape index (κ3) is 4.75. The first-order valence-corrected chi connectivity index (χ1v) is 27.1. The van der Waals surface area contributed by atoms with Crippen LogP contribution >= 0.6 is 0 Å². The van der Waals surface area contributed by atoms with Crippen LogP contribution in [0.1, 0.15) is 0 Å². The zero-order valence-electron chi connectivity index (χ0n) is 41.8. The summed E-state index contributed by atoms with van der Waals surface area (Å²) in [7, 11) is 0. The Morgan fingerprint density at radius 3 is 1.60 bits per heavy atom. The summed E-state index contributed by atoms with van der Waals surface area (Å²) in [5.41, 5.74) is 24.7. The zero-order valence-corrected chi connectivity index (χ0v) is 41.8. The lowest BCUT2D eigenvalue weighted by Crippen LogP contribution is -2.56. The van der Waals surface area contributed by atoms with E-state index in [9.17, 15) is 0 Å². The quantitative estimate of drug-likeness (QED) is 0.165. The topological polar surface area (TPSA) is 30.1 Å². The zero-order chi connectivity index (χ0) is 50.2. The Morgan fingerprint density at radius 1 is 0.321 bits per heavy atom. The maximum absolute atomic E-state index is 7.31. The van der Waals surface area contributed by atoms with E-state index < -0.39 is 0 Å². The second kappa shape index (κ2) is 13.9. The molecule has 78 heavy (non-hydrogen) atoms. The van der Waals surface area contributed by atoms with Gasteiger partial charge in [-0.1, -0.05) is 164 Å². The minimum atomic E-state index is -0.227. The molecule has 0 saturated carbocycles. The van der Waals surface area contributed by atoms with E-state index in [1.165, 1.54) is 142 Å². The van der Waals surface area contributed by atoms with Gasteiger partial charge in [-0.25, -0.2) is 0 Å². The maximum atomic E-state index is 7.31. The molecular formula is C72H39BN4O. The van der Waals surface area contributed by atoms with Gasteiger partial charge in [-0.05, 0) is 106 Å². The van der Waals surface area contributed by atoms with Crippen LogP contribution in [0.2, 0.25) is 0 Å². The summed E-state index contributed by atoms with van der Waals surface area (Å²) in [6, 6.07) is 88.8. The van der Waals surface area contributed by atoms with Crippen molar-refractivity contribution in [2.75, 3.05) is 4.90 Å². The minimum absolute atomic E-state index is 0.227. The predicted octanol–water partition coefficient (Wildman–Crippen LogP) is 17.7. The molecule has 5 nitrogen and oxygen atoms in total. The third-order valence-electron chi connectivity index (χ3n) is 18.2. The highest BCUT2D eigenvalue weighted by molar-refractivity contribution is 6.90. The predicted molar refractivity (Wildman–Crippen MR) is 327 cm³/mol. The molecule has 0 unspecified atom stereocenters. The van der Waals surface area contributed by atoms with Crippen LogP contribution in [0.3, 0.4) is 0 Å². The molecule has 6 heteroatoms. The monoisotopic (exact) mass is 986 g/mol. The Kier molecular flexibility index (Phi) is 7.16. The molecule has 0 bridgehead atoms. The van der Waals surface area contributed by atoms with Crippen LogP contribution in [0.15, 0.2) is 241 Å². The van der Waals surface area contributed by atoms with Crippen molar-refractivity contribution in [2.24, 2.45) is 0 Å². The third-order valence-corrected chi connectivity index (χ3v) is 18.2. The first-order chi connectivity index (χ1) is 38.7. The molecule has 0 radical (unpaired) electrons. The van der Waals surface area contributed by atoms with Crippen molar-refractivity contribution in [1.29, 1.82) is 0 Å². The summed E-state index contributed by atoms with van der Waals surface area (Å²) in [4.78, 5) is 2.62. The average molecular weight is 987 g/mol. The molecule has 2 aliphatic heterocycles. The second-order valence-corrected chi connectivity index (χ2v) is 21.9. The lowest BCUT2D eigenvalue weighted by Gasteiger charge is -2.40. The number of fused-ring (bicyclic) bond motifs is 23. The number of aromatic nitrogens is 3. The Labute approximate surface area is 445 Å². The Balaban J connectivity index is 0.992. The number of furan rings is 1. The van der Waals surface area contributed by atoms with Gasteiger partial charge in [0, 0.05) is 104 Å². The van der Waals surface area contributed by atoms with E-state index in [1.54, 1.807) is 0 Å². The summed E-state index contributed by atoms with van der Waals surface area (Å²) in [6.45, 7) is -0.227. The van der Waals surface area contributed by atoms with E-state index in [1.807, 2.05) is 0 Å². The summed E-state index contributed by atoms with van der Waals surface area (Å²) in [5.74, 6) is 0. The van der Waals surface area contributed by atoms with E-state index in [0.29, 0.717) is 0 Å². The molecule has 0 spiro atoms. The number of hydrogen-bond acceptors (Lipinski definition) is 2. The molecule has 0 fully saturated rings. The van der Waals surface area contributed by atoms with E-state index in [0.717, 1.165) is 38.9 Å². The summed E-state index contributed by atoms with van der Waals surface area (Å²) >= 11 is 0. The number of nitrogens with zero attached hydrogens (tertiary/aromatic N) is 4. The smallest absolute Gasteiger partial charge is 0.333 e. The molecule has 0 N–H and O–H groups in total. The molecule has 20 rings (SSSR count). The van der Waals surface area contributed by atoms with Gasteiger partial charge in [-0.3, -0.25) is 0 Å². The number of anilines is 3. The molecule has 8 heterocycles. The van der Waals surface area contributed by atoms with Gasteiger partial charge in [-0.15, -0.1) is 0 Å². The Bertz CT molecular complexity index is 5700. The minimum Gasteiger partial charge on any atom is -0.455 e. The van der Waals surface area contributed by atoms with Gasteiger partial charge >= 0.3 is 6.85 Å². The van der Waals surface area contributed by atoms with Crippen molar-refractivity contribution in [3.63, 3.8) is 0 Å². The molecule has 2 aliphatic rings. The number of hydrogen-bond donors (Lipinski definition) is 0. The van der Waals surface area contributed by atoms with Crippen molar-refractivity contribution < 1.29 is 4.42 Å². The standard InChI is InChI=1S/C72H39BN4O/c1-3-15-40(16-4-1)42-29-32-61-53(33-42)55-34-43(41-17-5-2-6-18-41)35-57-67-68-65(38-56-48-21-9-12-28-66(48)78-72(56)67)74(44-30-31-47-51-24-13-22-49-45-19-7-10-26-59(45)75(69(49)51)62(47)36-44)64-37-54-52-25-14-23-50-46-20-8-11-27-60(46)76(70(50)52)63(54)39-58(64)73(68)77(61)71(55)57/h1-39H. The highest BCUT2D eigenvalue weighted by Crippen LogP contribution is 2.53. The highest BCUT2D eigenvalue weighted by atomic mass is 16.3. The van der Waals surface area contributed by atoms with Crippen molar-refractivity contribution in [2.45, 2.75) is 0 Å². The number of para-hydroxylation sites is 5. The maximum Gasteiger partial charge on any atom is 0.333 e. The van der Waals surface area contributed by atoms with Crippen molar-refractivity contribution in [3.05, 3.63) is 237 Å². The van der Waals surface area contributed by atoms with Crippen LogP contribution in [0.4, 0.5) is 17.1 Å². The average Bonchev–Trinajstić information content (AvgIpc) is 4.31. The Morgan fingerprint density at radius 2 is 0.885 bits per heavy atom. The molecule has 0 amide bonds. The molecule has 0 atom stereocenters. The number of rotatable bonds is 3. The largest absolute Gasteiger partial charge is 0.455 e. The molecule has 0 saturated heterocycles. The normalized spacial score (nSPS) is 13.3. The van der Waals surface area contributed by atoms with E-state index >= 15 is 0 Å². The molecule has 6 aromatic heterocycles. The Hall–Kier alpha value is -10.3. The lowest BCUT2D eigenvalue weighted by atomic mass is 9.45. The van der Waals surface area contributed by atoms with Gasteiger partial charge < -0.3 is 22.6 Å². The van der Waals surface area contributed by atoms with Crippen LogP contribution in [-0.4, -0.2) is 20.1 Å². The van der Waals surface area contributed by atoms with Crippen molar-refractivity contribution in [3.8, 4) is 33.4 Å². The first-order valence-electron chi connectivity index (χ1n) is 27.1. The molecule has 0 aliphatic carbocycles. The molecule has 12 aromatic carbocycles. The molecule has 18 aromatic rings. The van der Waals surface area contributed by atoms with Crippen LogP contribution in [-0.2, 0) is 0 Å². The van der Waals surface area contributed by atoms with Gasteiger partial charge in [0.25, 0.3) is 0 Å². The van der Waals surface area contributed by atoms with E-state index in [-0.39, 0.29) is 6.85 Å². The van der Waals surface area contributed by atoms with Crippen LogP contribution < -0.4 is 15.8 Å². The second-order valence-electron chi connectivity index (χ2n) is 21.9. The summed E-state index contributed by atoms with van der Waals surface area (Å²) in [6.07, 6.45) is 0. The fourth-order valence-electron chi connectivity index (χ4n) is 15.1. The number of benzene rings is 12. The SMILES string of the molecule is c1ccc(-c2ccc3c(c2)c2cc(-c4ccccc4)cc4c2n3B2c3cc5c(cc3N(c3ccc6c7cccc8c9ccccc9n(c6c3)c87)c3cc6c(oc7ccccc76)c-4c32)c2cccc3c4ccccc4n5c32)cc1. The van der Waals surface area contributed by atoms with Crippen molar-refractivity contribution >= 4 is 155 Å². The van der Waals surface area contributed by atoms with Gasteiger partial charge in [0.2, 0.25) is 0 Å². The fraction of sp³-hybridized carbons (Fsp3) is 0. The van der Waals surface area contributed by atoms with Gasteiger partial charge in [0.1, 0.15) is 11.2 Å². The van der Waals surface area contributed by atoms with E-state index in [2.05, 4.69) is 255 Å². The van der Waals surface area contributed by atoms with Crippen molar-refractivity contribution in [1.82, 2.24) is 13.3 Å². The van der Waals surface area contributed by atoms with Gasteiger partial charge in [0.15, 0.2) is 0 Å². The molecular weight excluding hydrogens is 948 g/mol. The van der Waals surface area contributed by atoms with Gasteiger partial charge in [-0.2, -0.15) is 0 Å². The fourth-order valence-corrected chi connectivity index (χ4v) is 15.1. The highest BCUT2D eigenvalue weighted by Gasteiger charge is 2.45. The van der Waals surface area contributed by atoms with Crippen LogP contribution in [0.25, 0.3) is 153 Å². The summed E-state index contributed by atoms with van der Waals surface area (Å²) in [5, 5.41) is 14.9. The van der Waals surface area contributed by atoms with Crippen LogP contribution in [0.5, 0.6) is 0 Å². The first kappa shape index (κ1) is 40.1.